The number of nitrogens with one attached hydrogen (secondary N) is 3. The van der Waals surface area contributed by atoms with E-state index < -0.39 is 35.6 Å². The Hall–Kier alpha value is -8.29. The monoisotopic (exact) mass is 940 g/mol. The Kier molecular flexibility index (Phi) is 15.2. The third kappa shape index (κ3) is 11.1. The predicted octanol–water partition coefficient (Wildman–Crippen LogP) is 4.15. The number of imide groups is 1. The molecule has 3 aromatic heterocycles. The molecule has 0 radical (unpaired) electrons. The summed E-state index contributed by atoms with van der Waals surface area (Å²) < 4.78 is 17.5. The summed E-state index contributed by atoms with van der Waals surface area (Å²) in [5, 5.41) is 13.4. The SMILES string of the molecule is CCn1nc(C)cc1C(=O)Nc1nc2cc(C(N)=O)cc(OC)c2n1C/C=C/Cn1c(NC)nc2cc(C)cc(OCCCN(C)C(=O)C(Cc3ccccc3)NC(=O)CCN3C(=O)C=CC3=O)c21. The van der Waals surface area contributed by atoms with Gasteiger partial charge in [-0.05, 0) is 68.7 Å². The fraction of sp³-hybridized carbons (Fsp3) is 0.327. The molecule has 6 amide bonds. The number of hydrogen-bond donors (Lipinski definition) is 4. The number of ether oxygens (including phenoxy) is 2. The highest BCUT2D eigenvalue weighted by Crippen LogP contribution is 2.33. The third-order valence-corrected chi connectivity index (χ3v) is 11.5. The van der Waals surface area contributed by atoms with Gasteiger partial charge in [-0.3, -0.25) is 43.7 Å². The van der Waals surface area contributed by atoms with Crippen LogP contribution in [0.5, 0.6) is 11.5 Å². The zero-order chi connectivity index (χ0) is 49.4. The van der Waals surface area contributed by atoms with Crippen molar-refractivity contribution in [2.75, 3.05) is 51.5 Å². The third-order valence-electron chi connectivity index (χ3n) is 11.5. The van der Waals surface area contributed by atoms with Crippen molar-refractivity contribution in [3.8, 4) is 11.5 Å². The molecular weight excluding hydrogens is 885 g/mol. The first-order chi connectivity index (χ1) is 33.2. The number of aryl methyl sites for hydroxylation is 3. The number of fused-ring (bicyclic) bond motifs is 2. The maximum Gasteiger partial charge on any atom is 0.276 e. The van der Waals surface area contributed by atoms with E-state index in [1.54, 1.807) is 46.4 Å². The molecule has 0 aliphatic carbocycles. The van der Waals surface area contributed by atoms with Crippen LogP contribution in [0.15, 0.2) is 85.0 Å². The van der Waals surface area contributed by atoms with Gasteiger partial charge < -0.3 is 39.9 Å². The number of imidazole rings is 2. The van der Waals surface area contributed by atoms with Crippen molar-refractivity contribution in [1.82, 2.24) is 44.0 Å². The van der Waals surface area contributed by atoms with Crippen LogP contribution in [0.3, 0.4) is 0 Å². The molecule has 7 rings (SSSR count). The van der Waals surface area contributed by atoms with Crippen LogP contribution in [0.25, 0.3) is 22.1 Å². The van der Waals surface area contributed by atoms with Crippen molar-refractivity contribution in [2.24, 2.45) is 5.73 Å². The number of carbonyl (C=O) groups excluding carboxylic acids is 6. The van der Waals surface area contributed by atoms with Gasteiger partial charge in [-0.15, -0.1) is 0 Å². The van der Waals surface area contributed by atoms with Crippen molar-refractivity contribution in [3.63, 3.8) is 0 Å². The van der Waals surface area contributed by atoms with E-state index >= 15 is 0 Å². The Bertz CT molecular complexity index is 2970. The average Bonchev–Trinajstić information content (AvgIpc) is 4.09. The molecule has 20 heteroatoms. The van der Waals surface area contributed by atoms with Gasteiger partial charge in [0.25, 0.3) is 17.7 Å². The standard InChI is InChI=1S/C49H56N12O8/c1-7-61-37(26-31(3)56-61)46(66)55-49-54-35-28-33(45(50)65)29-38(68-6)43(35)60(49)21-12-11-20-59-44-34(53-48(59)51-4)24-30(2)25-39(44)69-23-13-19-57(5)47(67)36(27-32-14-9-8-10-15-32)52-40(62)18-22-58-41(63)16-17-42(58)64/h8-12,14-17,24-26,28-29,36H,7,13,18-23,27H2,1-6H3,(H2,50,65)(H,51,53)(H,52,62)(H,54,55,66)/b12-11+. The zero-order valence-corrected chi connectivity index (χ0v) is 39.4. The number of allylic oxidation sites excluding steroid dienone is 2. The van der Waals surface area contributed by atoms with Crippen LogP contribution in [0.2, 0.25) is 0 Å². The smallest absolute Gasteiger partial charge is 0.276 e. The fourth-order valence-corrected chi connectivity index (χ4v) is 8.18. The summed E-state index contributed by atoms with van der Waals surface area (Å²) in [5.74, 6) is -0.994. The Labute approximate surface area is 398 Å². The zero-order valence-electron chi connectivity index (χ0n) is 39.4. The quantitative estimate of drug-likeness (QED) is 0.0427. The molecule has 1 aliphatic rings. The molecule has 0 spiro atoms. The number of nitrogens with zero attached hydrogens (tertiary/aromatic N) is 8. The van der Waals surface area contributed by atoms with E-state index in [1.165, 1.54) is 7.11 Å². The van der Waals surface area contributed by atoms with E-state index in [9.17, 15) is 28.8 Å². The van der Waals surface area contributed by atoms with E-state index in [2.05, 4.69) is 21.0 Å². The van der Waals surface area contributed by atoms with Crippen LogP contribution in [-0.2, 0) is 45.2 Å². The lowest BCUT2D eigenvalue weighted by Crippen LogP contribution is -2.49. The van der Waals surface area contributed by atoms with Crippen LogP contribution in [-0.4, -0.2) is 121 Å². The lowest BCUT2D eigenvalue weighted by atomic mass is 10.0. The number of methoxy groups -OCH3 is 1. The minimum atomic E-state index is -0.886. The number of aromatic nitrogens is 6. The Morgan fingerprint density at radius 1 is 0.884 bits per heavy atom. The second-order valence-electron chi connectivity index (χ2n) is 16.5. The van der Waals surface area contributed by atoms with Crippen LogP contribution >= 0.6 is 0 Å². The summed E-state index contributed by atoms with van der Waals surface area (Å²) in [6, 6.07) is 17.2. The van der Waals surface area contributed by atoms with Crippen molar-refractivity contribution in [1.29, 1.82) is 0 Å². The van der Waals surface area contributed by atoms with Gasteiger partial charge in [-0.1, -0.05) is 42.5 Å². The number of anilines is 2. The second-order valence-corrected chi connectivity index (χ2v) is 16.5. The van der Waals surface area contributed by atoms with Gasteiger partial charge in [-0.25, -0.2) is 9.97 Å². The second kappa shape index (κ2) is 21.6. The van der Waals surface area contributed by atoms with E-state index in [4.69, 9.17) is 25.2 Å². The van der Waals surface area contributed by atoms with E-state index in [1.807, 2.05) is 80.0 Å². The molecule has 5 N–H and O–H groups in total. The molecule has 1 atom stereocenters. The van der Waals surface area contributed by atoms with Crippen LogP contribution in [0.4, 0.5) is 11.9 Å². The molecule has 20 nitrogen and oxygen atoms in total. The number of benzene rings is 3. The van der Waals surface area contributed by atoms with E-state index in [0.29, 0.717) is 71.4 Å². The summed E-state index contributed by atoms with van der Waals surface area (Å²) >= 11 is 0. The summed E-state index contributed by atoms with van der Waals surface area (Å²) in [5.41, 5.74) is 11.1. The van der Waals surface area contributed by atoms with Crippen molar-refractivity contribution in [2.45, 2.75) is 65.7 Å². The van der Waals surface area contributed by atoms with Gasteiger partial charge in [0, 0.05) is 77.4 Å². The van der Waals surface area contributed by atoms with Crippen molar-refractivity contribution < 1.29 is 38.2 Å². The lowest BCUT2D eigenvalue weighted by molar-refractivity contribution is -0.138. The summed E-state index contributed by atoms with van der Waals surface area (Å²) in [6.45, 7) is 7.25. The first-order valence-electron chi connectivity index (χ1n) is 22.5. The minimum Gasteiger partial charge on any atom is -0.494 e. The molecule has 0 bridgehead atoms. The highest BCUT2D eigenvalue weighted by molar-refractivity contribution is 6.13. The number of hydrogen-bond acceptors (Lipinski definition) is 12. The minimum absolute atomic E-state index is 0.0946. The van der Waals surface area contributed by atoms with E-state index in [0.717, 1.165) is 33.7 Å². The molecule has 0 fully saturated rings. The largest absolute Gasteiger partial charge is 0.494 e. The fourth-order valence-electron chi connectivity index (χ4n) is 8.18. The highest BCUT2D eigenvalue weighted by Gasteiger charge is 2.28. The van der Waals surface area contributed by atoms with Gasteiger partial charge in [0.05, 0.1) is 30.4 Å². The molecule has 3 aromatic carbocycles. The number of primary amides is 1. The molecule has 4 heterocycles. The van der Waals surface area contributed by atoms with E-state index in [-0.39, 0.29) is 50.0 Å². The molecule has 69 heavy (non-hydrogen) atoms. The number of nitrogens with two attached hydrogens (primary N) is 1. The van der Waals surface area contributed by atoms with Gasteiger partial charge in [0.15, 0.2) is 0 Å². The number of likely N-dealkylation sites (N-methyl/N-ethyl adjacent to an activating group) is 1. The lowest BCUT2D eigenvalue weighted by Gasteiger charge is -2.25. The van der Waals surface area contributed by atoms with Crippen molar-refractivity contribution >= 4 is 69.4 Å². The topological polar surface area (TPSA) is 243 Å². The van der Waals surface area contributed by atoms with Gasteiger partial charge in [-0.2, -0.15) is 5.10 Å². The highest BCUT2D eigenvalue weighted by atomic mass is 16.5. The number of carbonyl (C=O) groups is 6. The Morgan fingerprint density at radius 2 is 1.55 bits per heavy atom. The van der Waals surface area contributed by atoms with Gasteiger partial charge >= 0.3 is 0 Å². The average molecular weight is 941 g/mol. The Morgan fingerprint density at radius 3 is 2.22 bits per heavy atom. The molecule has 0 saturated carbocycles. The molecule has 0 saturated heterocycles. The molecule has 360 valence electrons. The summed E-state index contributed by atoms with van der Waals surface area (Å²) in [7, 11) is 4.94. The van der Waals surface area contributed by atoms with Crippen LogP contribution in [0.1, 0.15) is 57.4 Å². The molecular formula is C49H56N12O8. The van der Waals surface area contributed by atoms with Crippen molar-refractivity contribution in [3.05, 3.63) is 113 Å². The maximum absolute atomic E-state index is 13.9. The first-order valence-corrected chi connectivity index (χ1v) is 22.5. The summed E-state index contributed by atoms with van der Waals surface area (Å²) in [6.07, 6.45) is 6.77. The molecule has 1 unspecified atom stereocenters. The first kappa shape index (κ1) is 48.6. The predicted molar refractivity (Wildman–Crippen MR) is 259 cm³/mol. The summed E-state index contributed by atoms with van der Waals surface area (Å²) in [4.78, 5) is 88.9. The number of rotatable bonds is 22. The maximum atomic E-state index is 13.9. The molecule has 1 aliphatic heterocycles. The molecule has 6 aromatic rings. The van der Waals surface area contributed by atoms with Crippen LogP contribution < -0.4 is 31.2 Å². The van der Waals surface area contributed by atoms with Crippen LogP contribution in [0, 0.1) is 13.8 Å². The van der Waals surface area contributed by atoms with Gasteiger partial charge in [0.2, 0.25) is 29.6 Å². The normalized spacial score (nSPS) is 12.9. The van der Waals surface area contributed by atoms with Gasteiger partial charge in [0.1, 0.15) is 34.3 Å². The number of amides is 6. The Balaban J connectivity index is 1.05.